The lowest BCUT2D eigenvalue weighted by molar-refractivity contribution is -0.142. The molecule has 1 rings (SSSR count). The van der Waals surface area contributed by atoms with Crippen LogP contribution in [0.15, 0.2) is 24.3 Å². The molecular weight excluding hydrogens is 312 g/mol. The Morgan fingerprint density at radius 1 is 1.21 bits per heavy atom. The molecule has 1 aromatic carbocycles. The van der Waals surface area contributed by atoms with Crippen molar-refractivity contribution in [1.82, 2.24) is 10.6 Å². The Labute approximate surface area is 141 Å². The van der Waals surface area contributed by atoms with Gasteiger partial charge in [0.2, 0.25) is 5.91 Å². The predicted octanol–water partition coefficient (Wildman–Crippen LogP) is 0.725. The van der Waals surface area contributed by atoms with Crippen LogP contribution in [-0.4, -0.2) is 37.5 Å². The first-order chi connectivity index (χ1) is 11.4. The SMILES string of the molecule is CNC(CCCNC(N)=O)C(=O)Nc1ccc(COC(C)=O)cc1. The molecule has 1 unspecified atom stereocenters. The van der Waals surface area contributed by atoms with Gasteiger partial charge in [0, 0.05) is 19.2 Å². The van der Waals surface area contributed by atoms with Crippen LogP contribution in [-0.2, 0) is 20.9 Å². The molecule has 0 bridgehead atoms. The first-order valence-corrected chi connectivity index (χ1v) is 7.66. The molecule has 1 aromatic rings. The molecule has 0 heterocycles. The minimum Gasteiger partial charge on any atom is -0.461 e. The maximum absolute atomic E-state index is 12.2. The van der Waals surface area contributed by atoms with Crippen LogP contribution in [0, 0.1) is 0 Å². The van der Waals surface area contributed by atoms with Crippen molar-refractivity contribution in [3.63, 3.8) is 0 Å². The minimum atomic E-state index is -0.575. The van der Waals surface area contributed by atoms with Crippen molar-refractivity contribution in [2.45, 2.75) is 32.4 Å². The summed E-state index contributed by atoms with van der Waals surface area (Å²) in [5.41, 5.74) is 6.47. The number of hydrogen-bond donors (Lipinski definition) is 4. The third-order valence-electron chi connectivity index (χ3n) is 3.30. The highest BCUT2D eigenvalue weighted by molar-refractivity contribution is 5.94. The molecule has 24 heavy (non-hydrogen) atoms. The van der Waals surface area contributed by atoms with Crippen LogP contribution in [0.4, 0.5) is 10.5 Å². The van der Waals surface area contributed by atoms with E-state index in [0.717, 1.165) is 5.56 Å². The summed E-state index contributed by atoms with van der Waals surface area (Å²) in [6, 6.07) is 6.11. The van der Waals surface area contributed by atoms with Gasteiger partial charge in [-0.1, -0.05) is 12.1 Å². The standard InChI is InChI=1S/C16H24N4O4/c1-11(21)24-10-12-5-7-13(8-6-12)20-15(22)14(18-2)4-3-9-19-16(17)23/h5-8,14,18H,3-4,9-10H2,1-2H3,(H,20,22)(H3,17,19,23). The monoisotopic (exact) mass is 336 g/mol. The van der Waals surface area contributed by atoms with Crippen molar-refractivity contribution in [2.24, 2.45) is 5.73 Å². The maximum Gasteiger partial charge on any atom is 0.312 e. The van der Waals surface area contributed by atoms with Crippen molar-refractivity contribution in [1.29, 1.82) is 0 Å². The number of esters is 1. The number of benzene rings is 1. The quantitative estimate of drug-likeness (QED) is 0.391. The molecule has 132 valence electrons. The Morgan fingerprint density at radius 3 is 2.42 bits per heavy atom. The van der Waals surface area contributed by atoms with Gasteiger partial charge >= 0.3 is 12.0 Å². The van der Waals surface area contributed by atoms with Gasteiger partial charge in [0.15, 0.2) is 0 Å². The summed E-state index contributed by atoms with van der Waals surface area (Å²) in [7, 11) is 1.70. The van der Waals surface area contributed by atoms with Gasteiger partial charge in [-0.15, -0.1) is 0 Å². The van der Waals surface area contributed by atoms with Crippen LogP contribution >= 0.6 is 0 Å². The van der Waals surface area contributed by atoms with Crippen LogP contribution in [0.5, 0.6) is 0 Å². The van der Waals surface area contributed by atoms with Gasteiger partial charge in [0.05, 0.1) is 6.04 Å². The highest BCUT2D eigenvalue weighted by Crippen LogP contribution is 2.11. The van der Waals surface area contributed by atoms with E-state index in [2.05, 4.69) is 16.0 Å². The number of ether oxygens (including phenoxy) is 1. The molecule has 0 aliphatic rings. The second-order valence-corrected chi connectivity index (χ2v) is 5.24. The molecule has 0 saturated heterocycles. The van der Waals surface area contributed by atoms with Crippen molar-refractivity contribution >= 4 is 23.6 Å². The number of likely N-dealkylation sites (N-methyl/N-ethyl adjacent to an activating group) is 1. The zero-order valence-corrected chi connectivity index (χ0v) is 13.9. The van der Waals surface area contributed by atoms with Gasteiger partial charge in [0.25, 0.3) is 0 Å². The lowest BCUT2D eigenvalue weighted by Crippen LogP contribution is -2.39. The van der Waals surface area contributed by atoms with Gasteiger partial charge in [-0.05, 0) is 37.6 Å². The summed E-state index contributed by atoms with van der Waals surface area (Å²) in [6.45, 7) is 1.98. The highest BCUT2D eigenvalue weighted by atomic mass is 16.5. The van der Waals surface area contributed by atoms with Crippen molar-refractivity contribution in [2.75, 3.05) is 18.9 Å². The lowest BCUT2D eigenvalue weighted by Gasteiger charge is -2.16. The van der Waals surface area contributed by atoms with Gasteiger partial charge in [-0.25, -0.2) is 4.79 Å². The van der Waals surface area contributed by atoms with E-state index in [0.29, 0.717) is 25.1 Å². The van der Waals surface area contributed by atoms with Crippen LogP contribution in [0.2, 0.25) is 0 Å². The molecule has 0 saturated carbocycles. The van der Waals surface area contributed by atoms with Crippen LogP contribution < -0.4 is 21.7 Å². The third kappa shape index (κ3) is 7.59. The molecule has 1 atom stereocenters. The van der Waals surface area contributed by atoms with E-state index in [9.17, 15) is 14.4 Å². The first-order valence-electron chi connectivity index (χ1n) is 7.66. The minimum absolute atomic E-state index is 0.163. The number of rotatable bonds is 9. The van der Waals surface area contributed by atoms with Crippen LogP contribution in [0.1, 0.15) is 25.3 Å². The van der Waals surface area contributed by atoms with Crippen molar-refractivity contribution in [3.05, 3.63) is 29.8 Å². The summed E-state index contributed by atoms with van der Waals surface area (Å²) < 4.78 is 4.90. The second-order valence-electron chi connectivity index (χ2n) is 5.24. The number of anilines is 1. The Bertz CT molecular complexity index is 560. The average molecular weight is 336 g/mol. The molecule has 8 nitrogen and oxygen atoms in total. The zero-order chi connectivity index (χ0) is 17.9. The van der Waals surface area contributed by atoms with Gasteiger partial charge < -0.3 is 26.4 Å². The van der Waals surface area contributed by atoms with E-state index in [-0.39, 0.29) is 24.5 Å². The van der Waals surface area contributed by atoms with E-state index >= 15 is 0 Å². The fraction of sp³-hybridized carbons (Fsp3) is 0.438. The molecule has 3 amide bonds. The second kappa shape index (κ2) is 10.2. The van der Waals surface area contributed by atoms with Crippen molar-refractivity contribution in [3.8, 4) is 0 Å². The largest absolute Gasteiger partial charge is 0.461 e. The maximum atomic E-state index is 12.2. The fourth-order valence-electron chi connectivity index (χ4n) is 2.02. The fourth-order valence-corrected chi connectivity index (χ4v) is 2.02. The number of nitrogens with one attached hydrogen (secondary N) is 3. The zero-order valence-electron chi connectivity index (χ0n) is 13.9. The molecule has 0 radical (unpaired) electrons. The smallest absolute Gasteiger partial charge is 0.312 e. The Kier molecular flexibility index (Phi) is 8.28. The van der Waals surface area contributed by atoms with Gasteiger partial charge in [0.1, 0.15) is 6.61 Å². The number of primary amides is 1. The van der Waals surface area contributed by atoms with Crippen LogP contribution in [0.25, 0.3) is 0 Å². The van der Waals surface area contributed by atoms with E-state index in [4.69, 9.17) is 10.5 Å². The molecule has 0 aliphatic carbocycles. The van der Waals surface area contributed by atoms with E-state index in [1.807, 2.05) is 0 Å². The number of nitrogens with two attached hydrogens (primary N) is 1. The molecule has 8 heteroatoms. The molecule has 5 N–H and O–H groups in total. The van der Waals surface area contributed by atoms with Crippen LogP contribution in [0.3, 0.4) is 0 Å². The summed E-state index contributed by atoms with van der Waals surface area (Å²) in [5, 5.41) is 8.24. The molecule has 0 aliphatic heterocycles. The third-order valence-corrected chi connectivity index (χ3v) is 3.30. The first kappa shape index (κ1) is 19.4. The van der Waals surface area contributed by atoms with Crippen molar-refractivity contribution < 1.29 is 19.1 Å². The van der Waals surface area contributed by atoms with E-state index < -0.39 is 6.03 Å². The number of urea groups is 1. The molecule has 0 aromatic heterocycles. The average Bonchev–Trinajstić information content (AvgIpc) is 2.53. The normalized spacial score (nSPS) is 11.4. The van der Waals surface area contributed by atoms with E-state index in [1.165, 1.54) is 6.92 Å². The Morgan fingerprint density at radius 2 is 1.88 bits per heavy atom. The topological polar surface area (TPSA) is 123 Å². The Hall–Kier alpha value is -2.61. The number of carbonyl (C=O) groups is 3. The lowest BCUT2D eigenvalue weighted by atomic mass is 10.1. The summed E-state index contributed by atoms with van der Waals surface area (Å²) in [4.78, 5) is 33.6. The molecule has 0 fully saturated rings. The molecular formula is C16H24N4O4. The molecule has 0 spiro atoms. The summed E-state index contributed by atoms with van der Waals surface area (Å²) in [5.74, 6) is -0.501. The summed E-state index contributed by atoms with van der Waals surface area (Å²) >= 11 is 0. The number of hydrogen-bond acceptors (Lipinski definition) is 5. The number of carbonyl (C=O) groups excluding carboxylic acids is 3. The number of amides is 3. The summed E-state index contributed by atoms with van der Waals surface area (Å²) in [6.07, 6.45) is 1.19. The Balaban J connectivity index is 2.46. The van der Waals surface area contributed by atoms with Gasteiger partial charge in [-0.2, -0.15) is 0 Å². The van der Waals surface area contributed by atoms with E-state index in [1.54, 1.807) is 31.3 Å². The van der Waals surface area contributed by atoms with Gasteiger partial charge in [-0.3, -0.25) is 9.59 Å². The highest BCUT2D eigenvalue weighted by Gasteiger charge is 2.16. The predicted molar refractivity (Wildman–Crippen MR) is 90.2 cm³/mol.